The quantitative estimate of drug-likeness (QED) is 0.841. The fourth-order valence-electron chi connectivity index (χ4n) is 2.90. The molecule has 2 aliphatic rings. The molecule has 0 aliphatic carbocycles. The minimum Gasteiger partial charge on any atom is -0.365 e. The molecule has 1 unspecified atom stereocenters. The van der Waals surface area contributed by atoms with Gasteiger partial charge in [0.05, 0.1) is 6.54 Å². The van der Waals surface area contributed by atoms with Crippen LogP contribution in [0.5, 0.6) is 0 Å². The highest BCUT2D eigenvalue weighted by Gasteiger charge is 2.21. The molecule has 1 fully saturated rings. The highest BCUT2D eigenvalue weighted by atomic mass is 32.2. The molecule has 19 heavy (non-hydrogen) atoms. The van der Waals surface area contributed by atoms with Gasteiger partial charge in [0.1, 0.15) is 0 Å². The Balaban J connectivity index is 1.57. The number of likely N-dealkylation sites (tertiary alicyclic amines) is 1. The van der Waals surface area contributed by atoms with Crippen LogP contribution in [-0.4, -0.2) is 48.5 Å². The van der Waals surface area contributed by atoms with E-state index in [2.05, 4.69) is 36.1 Å². The summed E-state index contributed by atoms with van der Waals surface area (Å²) in [4.78, 5) is 7.07. The Labute approximate surface area is 122 Å². The summed E-state index contributed by atoms with van der Waals surface area (Å²) in [5.41, 5.74) is 0. The first kappa shape index (κ1) is 15.2. The van der Waals surface area contributed by atoms with Gasteiger partial charge < -0.3 is 10.2 Å². The van der Waals surface area contributed by atoms with Crippen molar-refractivity contribution in [1.29, 1.82) is 0 Å². The SMILES string of the molecule is CC(C)CC1CN=C(NCCC2CCN(C)CC2)S1. The van der Waals surface area contributed by atoms with Crippen LogP contribution in [0.15, 0.2) is 4.99 Å². The minimum atomic E-state index is 0.714. The summed E-state index contributed by atoms with van der Waals surface area (Å²) in [7, 11) is 2.23. The second-order valence-electron chi connectivity index (χ2n) is 6.48. The normalized spacial score (nSPS) is 25.9. The van der Waals surface area contributed by atoms with Crippen LogP contribution in [-0.2, 0) is 0 Å². The summed E-state index contributed by atoms with van der Waals surface area (Å²) in [6, 6.07) is 0. The highest BCUT2D eigenvalue weighted by molar-refractivity contribution is 8.14. The van der Waals surface area contributed by atoms with E-state index < -0.39 is 0 Å². The monoisotopic (exact) mass is 283 g/mol. The molecule has 0 aromatic carbocycles. The van der Waals surface area contributed by atoms with E-state index in [-0.39, 0.29) is 0 Å². The summed E-state index contributed by atoms with van der Waals surface area (Å²) in [6.45, 7) is 9.26. The molecule has 0 aromatic heterocycles. The molecular weight excluding hydrogens is 254 g/mol. The third-order valence-electron chi connectivity index (χ3n) is 4.12. The van der Waals surface area contributed by atoms with Gasteiger partial charge in [-0.25, -0.2) is 0 Å². The van der Waals surface area contributed by atoms with Gasteiger partial charge in [-0.05, 0) is 57.7 Å². The Hall–Kier alpha value is -0.220. The zero-order valence-electron chi connectivity index (χ0n) is 12.7. The molecule has 0 aromatic rings. The maximum atomic E-state index is 4.63. The number of hydrogen-bond acceptors (Lipinski definition) is 4. The number of nitrogens with zero attached hydrogens (tertiary/aromatic N) is 2. The highest BCUT2D eigenvalue weighted by Crippen LogP contribution is 2.25. The van der Waals surface area contributed by atoms with Crippen LogP contribution in [0, 0.1) is 11.8 Å². The molecule has 0 spiro atoms. The number of hydrogen-bond donors (Lipinski definition) is 1. The lowest BCUT2D eigenvalue weighted by Crippen LogP contribution is -2.32. The Bertz CT molecular complexity index is 296. The maximum Gasteiger partial charge on any atom is 0.156 e. The van der Waals surface area contributed by atoms with Gasteiger partial charge in [0.15, 0.2) is 5.17 Å². The van der Waals surface area contributed by atoms with E-state index in [9.17, 15) is 0 Å². The molecule has 3 nitrogen and oxygen atoms in total. The van der Waals surface area contributed by atoms with Crippen molar-refractivity contribution in [3.8, 4) is 0 Å². The van der Waals surface area contributed by atoms with E-state index in [4.69, 9.17) is 0 Å². The summed E-state index contributed by atoms with van der Waals surface area (Å²) < 4.78 is 0. The zero-order valence-corrected chi connectivity index (χ0v) is 13.5. The van der Waals surface area contributed by atoms with Crippen LogP contribution in [0.1, 0.15) is 39.5 Å². The molecule has 0 radical (unpaired) electrons. The molecule has 110 valence electrons. The van der Waals surface area contributed by atoms with Crippen molar-refractivity contribution in [1.82, 2.24) is 10.2 Å². The molecule has 1 atom stereocenters. The maximum absolute atomic E-state index is 4.63. The van der Waals surface area contributed by atoms with Crippen molar-refractivity contribution in [2.45, 2.75) is 44.8 Å². The van der Waals surface area contributed by atoms with Crippen LogP contribution in [0.4, 0.5) is 0 Å². The first-order valence-electron chi connectivity index (χ1n) is 7.77. The van der Waals surface area contributed by atoms with Gasteiger partial charge in [-0.3, -0.25) is 4.99 Å². The van der Waals surface area contributed by atoms with Gasteiger partial charge in [-0.1, -0.05) is 25.6 Å². The summed E-state index contributed by atoms with van der Waals surface area (Å²) in [5.74, 6) is 1.70. The first-order valence-corrected chi connectivity index (χ1v) is 8.65. The Kier molecular flexibility index (Phi) is 6.02. The molecule has 4 heteroatoms. The number of nitrogens with one attached hydrogen (secondary N) is 1. The minimum absolute atomic E-state index is 0.714. The third kappa shape index (κ3) is 5.35. The molecule has 0 bridgehead atoms. The standard InChI is InChI=1S/C15H29N3S/c1-12(2)10-14-11-17-15(19-14)16-7-4-13-5-8-18(3)9-6-13/h12-14H,4-11H2,1-3H3,(H,16,17). The molecule has 2 aliphatic heterocycles. The fraction of sp³-hybridized carbons (Fsp3) is 0.933. The van der Waals surface area contributed by atoms with Crippen molar-refractivity contribution in [3.05, 3.63) is 0 Å². The van der Waals surface area contributed by atoms with Crippen LogP contribution in [0.25, 0.3) is 0 Å². The third-order valence-corrected chi connectivity index (χ3v) is 5.29. The largest absolute Gasteiger partial charge is 0.365 e. The topological polar surface area (TPSA) is 27.6 Å². The average molecular weight is 283 g/mol. The molecule has 1 N–H and O–H groups in total. The van der Waals surface area contributed by atoms with Gasteiger partial charge in [0.25, 0.3) is 0 Å². The van der Waals surface area contributed by atoms with Crippen molar-refractivity contribution >= 4 is 16.9 Å². The van der Waals surface area contributed by atoms with Gasteiger partial charge >= 0.3 is 0 Å². The van der Waals surface area contributed by atoms with Gasteiger partial charge in [0, 0.05) is 11.8 Å². The molecule has 0 amide bonds. The van der Waals surface area contributed by atoms with E-state index >= 15 is 0 Å². The molecule has 2 heterocycles. The molecular formula is C15H29N3S. The number of piperidine rings is 1. The van der Waals surface area contributed by atoms with Gasteiger partial charge in [-0.2, -0.15) is 0 Å². The Morgan fingerprint density at radius 2 is 2.11 bits per heavy atom. The van der Waals surface area contributed by atoms with Crippen molar-refractivity contribution < 1.29 is 0 Å². The van der Waals surface area contributed by atoms with Crippen molar-refractivity contribution in [2.24, 2.45) is 16.8 Å². The predicted octanol–water partition coefficient (Wildman–Crippen LogP) is 2.83. The second-order valence-corrected chi connectivity index (χ2v) is 7.77. The smallest absolute Gasteiger partial charge is 0.156 e. The Morgan fingerprint density at radius 1 is 1.37 bits per heavy atom. The van der Waals surface area contributed by atoms with E-state index in [1.165, 1.54) is 43.9 Å². The molecule has 1 saturated heterocycles. The number of thioether (sulfide) groups is 1. The van der Waals surface area contributed by atoms with Crippen LogP contribution < -0.4 is 5.32 Å². The van der Waals surface area contributed by atoms with E-state index in [1.807, 2.05) is 11.8 Å². The van der Waals surface area contributed by atoms with Crippen molar-refractivity contribution in [2.75, 3.05) is 33.2 Å². The second kappa shape index (κ2) is 7.53. The van der Waals surface area contributed by atoms with Crippen LogP contribution in [0.3, 0.4) is 0 Å². The number of amidine groups is 1. The van der Waals surface area contributed by atoms with Gasteiger partial charge in [-0.15, -0.1) is 0 Å². The first-order chi connectivity index (χ1) is 9.13. The molecule has 2 rings (SSSR count). The Morgan fingerprint density at radius 3 is 2.79 bits per heavy atom. The number of rotatable bonds is 5. The average Bonchev–Trinajstić information content (AvgIpc) is 2.78. The summed E-state index contributed by atoms with van der Waals surface area (Å²) >= 11 is 1.96. The number of aliphatic imine (C=N–C) groups is 1. The summed E-state index contributed by atoms with van der Waals surface area (Å²) in [5, 5.41) is 5.45. The lowest BCUT2D eigenvalue weighted by atomic mass is 9.94. The lowest BCUT2D eigenvalue weighted by Gasteiger charge is -2.28. The van der Waals surface area contributed by atoms with Gasteiger partial charge in [0.2, 0.25) is 0 Å². The van der Waals surface area contributed by atoms with Crippen molar-refractivity contribution in [3.63, 3.8) is 0 Å². The fourth-order valence-corrected chi connectivity index (χ4v) is 4.18. The zero-order chi connectivity index (χ0) is 13.7. The lowest BCUT2D eigenvalue weighted by molar-refractivity contribution is 0.213. The predicted molar refractivity (Wildman–Crippen MR) is 86.0 cm³/mol. The summed E-state index contributed by atoms with van der Waals surface area (Å²) in [6.07, 6.45) is 5.33. The van der Waals surface area contributed by atoms with Crippen LogP contribution >= 0.6 is 11.8 Å². The molecule has 0 saturated carbocycles. The van der Waals surface area contributed by atoms with E-state index in [1.54, 1.807) is 0 Å². The van der Waals surface area contributed by atoms with E-state index in [0.717, 1.165) is 24.9 Å². The van der Waals surface area contributed by atoms with Crippen LogP contribution in [0.2, 0.25) is 0 Å². The van der Waals surface area contributed by atoms with E-state index in [0.29, 0.717) is 5.25 Å².